The van der Waals surface area contributed by atoms with Gasteiger partial charge in [0.15, 0.2) is 5.78 Å². The van der Waals surface area contributed by atoms with Gasteiger partial charge >= 0.3 is 0 Å². The van der Waals surface area contributed by atoms with Crippen LogP contribution in [-0.2, 0) is 11.2 Å². The smallest absolute Gasteiger partial charge is 0.224 e. The van der Waals surface area contributed by atoms with Gasteiger partial charge in [-0.15, -0.1) is 11.3 Å². The summed E-state index contributed by atoms with van der Waals surface area (Å²) in [5.41, 5.74) is 1.28. The molecule has 3 nitrogen and oxygen atoms in total. The first-order valence-corrected chi connectivity index (χ1v) is 6.96. The predicted molar refractivity (Wildman–Crippen MR) is 77.7 cm³/mol. The summed E-state index contributed by atoms with van der Waals surface area (Å²) in [6.45, 7) is 1.51. The molecule has 1 N–H and O–H groups in total. The Morgan fingerprint density at radius 3 is 2.74 bits per heavy atom. The van der Waals surface area contributed by atoms with Crippen LogP contribution in [-0.4, -0.2) is 11.7 Å². The highest BCUT2D eigenvalue weighted by Crippen LogP contribution is 2.14. The van der Waals surface area contributed by atoms with Gasteiger partial charge in [-0.1, -0.05) is 18.2 Å². The number of ketones is 1. The molecule has 0 radical (unpaired) electrons. The van der Waals surface area contributed by atoms with Crippen LogP contribution in [0, 0.1) is 0 Å². The molecule has 0 fully saturated rings. The van der Waals surface area contributed by atoms with E-state index in [0.717, 1.165) is 6.42 Å². The lowest BCUT2D eigenvalue weighted by Gasteiger charge is -2.05. The molecule has 0 aliphatic heterocycles. The number of nitrogens with one attached hydrogen (secondary N) is 1. The molecular weight excluding hydrogens is 258 g/mol. The average Bonchev–Trinajstić information content (AvgIpc) is 2.90. The second-order valence-electron chi connectivity index (χ2n) is 4.26. The summed E-state index contributed by atoms with van der Waals surface area (Å²) in [7, 11) is 0. The van der Waals surface area contributed by atoms with Crippen molar-refractivity contribution in [2.75, 3.05) is 5.32 Å². The lowest BCUT2D eigenvalue weighted by Crippen LogP contribution is -2.12. The van der Waals surface area contributed by atoms with Crippen LogP contribution in [0.5, 0.6) is 0 Å². The Hall–Kier alpha value is -1.94. The Balaban J connectivity index is 1.91. The van der Waals surface area contributed by atoms with E-state index in [9.17, 15) is 9.59 Å². The topological polar surface area (TPSA) is 46.2 Å². The normalized spacial score (nSPS) is 10.2. The molecule has 1 amide bonds. The van der Waals surface area contributed by atoms with Gasteiger partial charge in [0.25, 0.3) is 0 Å². The first kappa shape index (κ1) is 13.5. The number of carbonyl (C=O) groups excluding carboxylic acids is 2. The Morgan fingerprint density at radius 1 is 1.21 bits per heavy atom. The Bertz CT molecular complexity index is 576. The third-order valence-corrected chi connectivity index (χ3v) is 3.67. The molecule has 2 aromatic rings. The maximum absolute atomic E-state index is 11.8. The highest BCUT2D eigenvalue weighted by Gasteiger charge is 2.05. The van der Waals surface area contributed by atoms with Crippen molar-refractivity contribution in [1.82, 2.24) is 0 Å². The van der Waals surface area contributed by atoms with Crippen molar-refractivity contribution >= 4 is 28.7 Å². The largest absolute Gasteiger partial charge is 0.326 e. The molecular formula is C15H15NO2S. The zero-order chi connectivity index (χ0) is 13.7. The van der Waals surface area contributed by atoms with Crippen LogP contribution in [0.3, 0.4) is 0 Å². The van der Waals surface area contributed by atoms with Gasteiger partial charge < -0.3 is 5.32 Å². The van der Waals surface area contributed by atoms with E-state index in [4.69, 9.17) is 0 Å². The lowest BCUT2D eigenvalue weighted by molar-refractivity contribution is -0.116. The summed E-state index contributed by atoms with van der Waals surface area (Å²) in [5, 5.41) is 4.82. The first-order chi connectivity index (χ1) is 9.15. The van der Waals surface area contributed by atoms with Gasteiger partial charge in [-0.25, -0.2) is 0 Å². The highest BCUT2D eigenvalue weighted by molar-refractivity contribution is 7.09. The number of thiophene rings is 1. The van der Waals surface area contributed by atoms with Crippen LogP contribution in [0.4, 0.5) is 5.69 Å². The minimum absolute atomic E-state index is 0.00492. The zero-order valence-electron chi connectivity index (χ0n) is 10.7. The molecule has 0 saturated heterocycles. The minimum atomic E-state index is -0.0332. The molecule has 2 rings (SSSR count). The number of Topliss-reactive ketones (excluding diaryl/α,β-unsaturated/α-hetero) is 1. The summed E-state index contributed by atoms with van der Waals surface area (Å²) < 4.78 is 0. The standard InChI is InChI=1S/C15H15NO2S/c1-11(17)12-4-2-5-13(10-12)16-15(18)8-7-14-6-3-9-19-14/h2-6,9-10H,7-8H2,1H3,(H,16,18). The molecule has 0 aliphatic carbocycles. The number of rotatable bonds is 5. The van der Waals surface area contributed by atoms with Crippen molar-refractivity contribution in [3.05, 3.63) is 52.2 Å². The molecule has 1 heterocycles. The van der Waals surface area contributed by atoms with Gasteiger partial charge in [0.2, 0.25) is 5.91 Å². The van der Waals surface area contributed by atoms with Crippen LogP contribution in [0.1, 0.15) is 28.6 Å². The fourth-order valence-electron chi connectivity index (χ4n) is 1.73. The lowest BCUT2D eigenvalue weighted by atomic mass is 10.1. The Labute approximate surface area is 116 Å². The number of carbonyl (C=O) groups is 2. The van der Waals surface area contributed by atoms with Crippen LogP contribution in [0.2, 0.25) is 0 Å². The number of benzene rings is 1. The van der Waals surface area contributed by atoms with Crippen molar-refractivity contribution in [3.63, 3.8) is 0 Å². The Kier molecular flexibility index (Phi) is 4.47. The van der Waals surface area contributed by atoms with E-state index in [1.54, 1.807) is 35.6 Å². The van der Waals surface area contributed by atoms with Crippen molar-refractivity contribution < 1.29 is 9.59 Å². The maximum Gasteiger partial charge on any atom is 0.224 e. The van der Waals surface area contributed by atoms with Gasteiger partial charge in [-0.2, -0.15) is 0 Å². The molecule has 0 atom stereocenters. The summed E-state index contributed by atoms with van der Waals surface area (Å²) >= 11 is 1.65. The summed E-state index contributed by atoms with van der Waals surface area (Å²) in [5.74, 6) is -0.0382. The summed E-state index contributed by atoms with van der Waals surface area (Å²) in [4.78, 5) is 24.3. The van der Waals surface area contributed by atoms with Crippen LogP contribution in [0.25, 0.3) is 0 Å². The quantitative estimate of drug-likeness (QED) is 0.847. The first-order valence-electron chi connectivity index (χ1n) is 6.08. The van der Waals surface area contributed by atoms with Gasteiger partial charge in [0.1, 0.15) is 0 Å². The van der Waals surface area contributed by atoms with E-state index in [1.165, 1.54) is 11.8 Å². The summed E-state index contributed by atoms with van der Waals surface area (Å²) in [6.07, 6.45) is 1.20. The van der Waals surface area contributed by atoms with Crippen molar-refractivity contribution in [2.24, 2.45) is 0 Å². The third-order valence-electron chi connectivity index (χ3n) is 2.73. The molecule has 1 aromatic heterocycles. The SMILES string of the molecule is CC(=O)c1cccc(NC(=O)CCc2cccs2)c1. The molecule has 4 heteroatoms. The number of hydrogen-bond donors (Lipinski definition) is 1. The van der Waals surface area contributed by atoms with Crippen LogP contribution in [0.15, 0.2) is 41.8 Å². The average molecular weight is 273 g/mol. The second kappa shape index (κ2) is 6.29. The monoisotopic (exact) mass is 273 g/mol. The molecule has 0 saturated carbocycles. The van der Waals surface area contributed by atoms with Gasteiger partial charge in [-0.05, 0) is 36.9 Å². The molecule has 0 unspecified atom stereocenters. The number of aryl methyl sites for hydroxylation is 1. The molecule has 19 heavy (non-hydrogen) atoms. The molecule has 0 bridgehead atoms. The molecule has 0 spiro atoms. The summed E-state index contributed by atoms with van der Waals surface area (Å²) in [6, 6.07) is 11.0. The van der Waals surface area contributed by atoms with Gasteiger partial charge in [0.05, 0.1) is 0 Å². The Morgan fingerprint density at radius 2 is 2.05 bits per heavy atom. The zero-order valence-corrected chi connectivity index (χ0v) is 11.5. The van der Waals surface area contributed by atoms with Crippen molar-refractivity contribution in [1.29, 1.82) is 0 Å². The van der Waals surface area contributed by atoms with E-state index in [2.05, 4.69) is 5.32 Å². The van der Waals surface area contributed by atoms with Crippen LogP contribution >= 0.6 is 11.3 Å². The van der Waals surface area contributed by atoms with Gasteiger partial charge in [-0.3, -0.25) is 9.59 Å². The van der Waals surface area contributed by atoms with E-state index >= 15 is 0 Å². The van der Waals surface area contributed by atoms with E-state index < -0.39 is 0 Å². The molecule has 1 aromatic carbocycles. The van der Waals surface area contributed by atoms with E-state index in [1.807, 2.05) is 17.5 Å². The molecule has 98 valence electrons. The van der Waals surface area contributed by atoms with Crippen LogP contribution < -0.4 is 5.32 Å². The predicted octanol–water partition coefficient (Wildman–Crippen LogP) is 3.52. The number of anilines is 1. The maximum atomic E-state index is 11.8. The minimum Gasteiger partial charge on any atom is -0.326 e. The molecule has 0 aliphatic rings. The van der Waals surface area contributed by atoms with E-state index in [-0.39, 0.29) is 11.7 Å². The van der Waals surface area contributed by atoms with Gasteiger partial charge in [0, 0.05) is 22.5 Å². The fraction of sp³-hybridized carbons (Fsp3) is 0.200. The van der Waals surface area contributed by atoms with Crippen molar-refractivity contribution in [2.45, 2.75) is 19.8 Å². The third kappa shape index (κ3) is 4.03. The highest BCUT2D eigenvalue weighted by atomic mass is 32.1. The van der Waals surface area contributed by atoms with Crippen molar-refractivity contribution in [3.8, 4) is 0 Å². The fourth-order valence-corrected chi connectivity index (χ4v) is 2.44. The number of amides is 1. The number of hydrogen-bond acceptors (Lipinski definition) is 3. The second-order valence-corrected chi connectivity index (χ2v) is 5.30. The van der Waals surface area contributed by atoms with E-state index in [0.29, 0.717) is 17.7 Å².